The summed E-state index contributed by atoms with van der Waals surface area (Å²) in [6.45, 7) is 41.1. The molecule has 0 saturated carbocycles. The van der Waals surface area contributed by atoms with E-state index in [0.717, 1.165) is 43.8 Å². The Kier molecular flexibility index (Phi) is 162. The molecule has 0 aromatic heterocycles. The summed E-state index contributed by atoms with van der Waals surface area (Å²) in [4.78, 5) is 0. The van der Waals surface area contributed by atoms with Crippen molar-refractivity contribution in [1.29, 1.82) is 0 Å². The molecule has 93 heavy (non-hydrogen) atoms. The van der Waals surface area contributed by atoms with E-state index in [0.29, 0.717) is 0 Å². The van der Waals surface area contributed by atoms with Crippen molar-refractivity contribution in [2.45, 2.75) is 144 Å². The lowest BCUT2D eigenvalue weighted by molar-refractivity contribution is -0.325. The van der Waals surface area contributed by atoms with Gasteiger partial charge in [0.25, 0.3) is 0 Å². The highest BCUT2D eigenvalue weighted by Crippen LogP contribution is 2.19. The molecule has 0 atom stereocenters. The van der Waals surface area contributed by atoms with E-state index < -0.39 is 5.79 Å². The van der Waals surface area contributed by atoms with E-state index in [2.05, 4.69) is 91.9 Å². The maximum absolute atomic E-state index is 8.25. The van der Waals surface area contributed by atoms with E-state index in [1.807, 2.05) is 285 Å². The van der Waals surface area contributed by atoms with Crippen molar-refractivity contribution < 1.29 is 43.0 Å². The van der Waals surface area contributed by atoms with Crippen LogP contribution in [-0.2, 0) is 30.1 Å². The summed E-state index contributed by atoms with van der Waals surface area (Å²) < 4.78 is 38.5. The van der Waals surface area contributed by atoms with Gasteiger partial charge in [0.15, 0.2) is 0 Å². The molecule has 7 aromatic carbocycles. The predicted molar refractivity (Wildman–Crippen MR) is 421 cm³/mol. The number of rotatable bonds is 8. The van der Waals surface area contributed by atoms with Gasteiger partial charge in [0.2, 0.25) is 5.79 Å². The molecule has 0 spiro atoms. The first kappa shape index (κ1) is 123. The fraction of sp³-hybridized carbons (Fsp3) is 0.407. The van der Waals surface area contributed by atoms with E-state index in [4.69, 9.17) is 33.5 Å². The number of allylic oxidation sites excluding steroid dienone is 2. The van der Waals surface area contributed by atoms with Gasteiger partial charge in [-0.05, 0) is 87.7 Å². The minimum Gasteiger partial charge on any atom is -0.857 e. The molecule has 1 aliphatic carbocycles. The van der Waals surface area contributed by atoms with Crippen LogP contribution in [0.5, 0.6) is 17.2 Å². The van der Waals surface area contributed by atoms with E-state index >= 15 is 0 Å². The van der Waals surface area contributed by atoms with E-state index in [9.17, 15) is 0 Å². The van der Waals surface area contributed by atoms with E-state index in [-0.39, 0.29) is 32.7 Å². The standard InChI is InChI=1S/C9H12O.C8H12O2.3C7H8O.3C7H8.2C2H6O.7C2H6.C2H4.CH3O.CH4.3B/c1-10-8-7-9-5-3-2-4-6-9;1-9-8(10-2)6-4-3-5-7-8;3*1-8-7-5-3-2-4-6-7;3*1-7-5-3-2-4-6-7;2*1-3-2;9*1-2;;;;/h2-6H,7-8H2,1H3;4-7H,3H2,1-2H3;3*2-6H,1H3;3*2-6H,1H3;2*1-2H3;7*1-2H3;1-2H2;1H3;1H4;;;/q;;;;;;;;;;;;;;;;;;-1;;;;. The van der Waals surface area contributed by atoms with Crippen LogP contribution < -0.4 is 19.3 Å². The smallest absolute Gasteiger partial charge is 0.207 e. The van der Waals surface area contributed by atoms with Crippen LogP contribution in [0.4, 0.5) is 0 Å². The lowest BCUT2D eigenvalue weighted by Crippen LogP contribution is -2.29. The Hall–Kier alpha value is -6.89. The molecule has 0 heterocycles. The highest BCUT2D eigenvalue weighted by atomic mass is 16.7. The first-order valence-electron chi connectivity index (χ1n) is 31.1. The quantitative estimate of drug-likeness (QED) is 0.0837. The third-order valence-electron chi connectivity index (χ3n) is 8.81. The lowest BCUT2D eigenvalue weighted by Gasteiger charge is -2.25. The van der Waals surface area contributed by atoms with Gasteiger partial charge in [-0.3, -0.25) is 0 Å². The van der Waals surface area contributed by atoms with Gasteiger partial charge in [-0.15, -0.1) is 13.2 Å². The maximum atomic E-state index is 8.25. The van der Waals surface area contributed by atoms with Gasteiger partial charge in [0.05, 0.1) is 27.9 Å². The molecule has 0 fully saturated rings. The molecular formula is C81H137B3O9-. The molecule has 0 N–H and O–H groups in total. The van der Waals surface area contributed by atoms with Crippen LogP contribution in [0, 0.1) is 20.8 Å². The second kappa shape index (κ2) is 122. The predicted octanol–water partition coefficient (Wildman–Crippen LogP) is 21.4. The highest BCUT2D eigenvalue weighted by Gasteiger charge is 2.22. The average molecular weight is 1290 g/mol. The Labute approximate surface area is 583 Å². The lowest BCUT2D eigenvalue weighted by atomic mass is 10.1. The van der Waals surface area contributed by atoms with Crippen molar-refractivity contribution in [3.05, 3.63) is 272 Å². The summed E-state index contributed by atoms with van der Waals surface area (Å²) in [5.74, 6) is 2.13. The molecule has 7 aromatic rings. The van der Waals surface area contributed by atoms with Gasteiger partial charge in [-0.2, -0.15) is 7.11 Å². The zero-order valence-electron chi connectivity index (χ0n) is 63.5. The molecule has 525 valence electrons. The molecule has 0 aliphatic heterocycles. The number of hydrogen-bond acceptors (Lipinski definition) is 9. The van der Waals surface area contributed by atoms with Crippen LogP contribution >= 0.6 is 0 Å². The van der Waals surface area contributed by atoms with Gasteiger partial charge in [0, 0.05) is 75.0 Å². The van der Waals surface area contributed by atoms with Crippen LogP contribution in [0.2, 0.25) is 0 Å². The number of para-hydroxylation sites is 3. The van der Waals surface area contributed by atoms with Gasteiger partial charge >= 0.3 is 0 Å². The Morgan fingerprint density at radius 3 is 0.645 bits per heavy atom. The van der Waals surface area contributed by atoms with Crippen molar-refractivity contribution in [1.82, 2.24) is 0 Å². The molecule has 0 bridgehead atoms. The molecule has 12 heteroatoms. The monoisotopic (exact) mass is 1290 g/mol. The molecule has 1 aliphatic rings. The Bertz CT molecular complexity index is 1980. The van der Waals surface area contributed by atoms with Crippen LogP contribution in [0.25, 0.3) is 0 Å². The van der Waals surface area contributed by atoms with Crippen LogP contribution in [0.1, 0.15) is 133 Å². The first-order chi connectivity index (χ1) is 43.6. The van der Waals surface area contributed by atoms with Gasteiger partial charge < -0.3 is 43.0 Å². The first-order valence-corrected chi connectivity index (χ1v) is 31.1. The van der Waals surface area contributed by atoms with Gasteiger partial charge in [0.1, 0.15) is 17.2 Å². The zero-order valence-corrected chi connectivity index (χ0v) is 63.5. The molecule has 9 radical (unpaired) electrons. The minimum absolute atomic E-state index is 0. The Balaban J connectivity index is -0.0000000547. The van der Waals surface area contributed by atoms with Crippen LogP contribution in [-0.4, -0.2) is 116 Å². The number of ether oxygens (including phenoxy) is 8. The van der Waals surface area contributed by atoms with Gasteiger partial charge in [-0.25, -0.2) is 0 Å². The molecule has 0 unspecified atom stereocenters. The summed E-state index contributed by atoms with van der Waals surface area (Å²) in [6.07, 6.45) is 9.84. The maximum Gasteiger partial charge on any atom is 0.207 e. The summed E-state index contributed by atoms with van der Waals surface area (Å²) in [6, 6.07) is 70.2. The zero-order chi connectivity index (χ0) is 70.9. The second-order valence-corrected chi connectivity index (χ2v) is 14.7. The number of methoxy groups -OCH3 is 8. The topological polar surface area (TPSA) is 96.9 Å². The van der Waals surface area contributed by atoms with Crippen molar-refractivity contribution >= 4 is 25.2 Å². The third kappa shape index (κ3) is 104. The molecule has 9 nitrogen and oxygen atoms in total. The fourth-order valence-corrected chi connectivity index (χ4v) is 5.09. The van der Waals surface area contributed by atoms with Crippen molar-refractivity contribution in [3.63, 3.8) is 0 Å². The minimum atomic E-state index is -0.599. The fourth-order valence-electron chi connectivity index (χ4n) is 5.09. The normalized spacial score (nSPS) is 8.48. The summed E-state index contributed by atoms with van der Waals surface area (Å²) in [7, 11) is 17.2. The molecular weight excluding hydrogens is 1150 g/mol. The average Bonchev–Trinajstić information content (AvgIpc) is 3.51. The Morgan fingerprint density at radius 2 is 0.516 bits per heavy atom. The van der Waals surface area contributed by atoms with Crippen molar-refractivity contribution in [2.75, 3.05) is 84.8 Å². The van der Waals surface area contributed by atoms with E-state index in [1.54, 1.807) is 71.1 Å². The second-order valence-electron chi connectivity index (χ2n) is 14.7. The number of hydrogen-bond donors (Lipinski definition) is 0. The van der Waals surface area contributed by atoms with Crippen molar-refractivity contribution in [2.24, 2.45) is 0 Å². The van der Waals surface area contributed by atoms with Crippen LogP contribution in [0.15, 0.2) is 250 Å². The SMILES string of the molecule is C.C=C.CC.CC.CC.CC.CC.CC.CC.COC.COC.COC1(OC)C=CCC=C1.COCCc1ccccc1.COc1ccccc1.COc1ccccc1.COc1ccccc1.C[O-].Cc1ccccc1.Cc1ccccc1.Cc1ccccc1.[B].[B].[B]. The highest BCUT2D eigenvalue weighted by molar-refractivity contribution is 5.76. The Morgan fingerprint density at radius 1 is 0.333 bits per heavy atom. The summed E-state index contributed by atoms with van der Waals surface area (Å²) >= 11 is 0. The largest absolute Gasteiger partial charge is 0.857 e. The van der Waals surface area contributed by atoms with Crippen molar-refractivity contribution in [3.8, 4) is 17.2 Å². The molecule has 8 rings (SSSR count). The number of benzene rings is 7. The number of aryl methyl sites for hydroxylation is 3. The molecule has 0 saturated heterocycles. The summed E-state index contributed by atoms with van der Waals surface area (Å²) in [5, 5.41) is 8.25. The summed E-state index contributed by atoms with van der Waals surface area (Å²) in [5.41, 5.74) is 5.30. The van der Waals surface area contributed by atoms with Crippen LogP contribution in [0.3, 0.4) is 0 Å². The third-order valence-corrected chi connectivity index (χ3v) is 8.81. The van der Waals surface area contributed by atoms with Gasteiger partial charge in [-0.1, -0.05) is 309 Å². The van der Waals surface area contributed by atoms with E-state index in [1.165, 1.54) is 22.3 Å². The molecule has 0 amide bonds.